The molecule has 0 spiro atoms. The van der Waals surface area contributed by atoms with E-state index in [1.807, 2.05) is 18.0 Å². The Morgan fingerprint density at radius 3 is 2.79 bits per heavy atom. The number of nitrogens with two attached hydrogens (primary N) is 1. The fourth-order valence-electron chi connectivity index (χ4n) is 2.34. The number of hydrogen-bond acceptors (Lipinski definition) is 3. The summed E-state index contributed by atoms with van der Waals surface area (Å²) in [5, 5.41) is 0. The smallest absolute Gasteiger partial charge is 0.236 e. The second-order valence-electron chi connectivity index (χ2n) is 4.97. The molecular formula is C14H20FN3O. The third kappa shape index (κ3) is 3.30. The van der Waals surface area contributed by atoms with Gasteiger partial charge in [-0.05, 0) is 6.42 Å². The van der Waals surface area contributed by atoms with Crippen LogP contribution in [-0.2, 0) is 17.9 Å². The standard InChI is InChI=1S/C14H20FN3O/c1-17-6-3-7-18(10-13(17)19)9-12-5-2-4-11(8-16)14(12)15/h2,4-5H,3,6-10,16H2,1H3. The number of carbonyl (C=O) groups is 1. The second kappa shape index (κ2) is 6.12. The van der Waals surface area contributed by atoms with Crippen LogP contribution in [-0.4, -0.2) is 42.4 Å². The van der Waals surface area contributed by atoms with Crippen molar-refractivity contribution in [1.29, 1.82) is 0 Å². The van der Waals surface area contributed by atoms with E-state index in [2.05, 4.69) is 0 Å². The van der Waals surface area contributed by atoms with E-state index in [-0.39, 0.29) is 18.3 Å². The molecule has 2 N–H and O–H groups in total. The zero-order valence-corrected chi connectivity index (χ0v) is 11.2. The lowest BCUT2D eigenvalue weighted by molar-refractivity contribution is -0.130. The SMILES string of the molecule is CN1CCCN(Cc2cccc(CN)c2F)CC1=O. The minimum absolute atomic E-state index is 0.0906. The number of nitrogens with zero attached hydrogens (tertiary/aromatic N) is 2. The van der Waals surface area contributed by atoms with Gasteiger partial charge in [-0.1, -0.05) is 18.2 Å². The van der Waals surface area contributed by atoms with Gasteiger partial charge in [-0.25, -0.2) is 4.39 Å². The Balaban J connectivity index is 2.10. The monoisotopic (exact) mass is 265 g/mol. The number of hydrogen-bond donors (Lipinski definition) is 1. The summed E-state index contributed by atoms with van der Waals surface area (Å²) in [5.41, 5.74) is 6.64. The van der Waals surface area contributed by atoms with Gasteiger partial charge in [-0.2, -0.15) is 0 Å². The number of likely N-dealkylation sites (N-methyl/N-ethyl adjacent to an activating group) is 1. The zero-order valence-electron chi connectivity index (χ0n) is 11.2. The summed E-state index contributed by atoms with van der Waals surface area (Å²) in [6, 6.07) is 5.26. The van der Waals surface area contributed by atoms with Crippen molar-refractivity contribution in [3.8, 4) is 0 Å². The molecular weight excluding hydrogens is 245 g/mol. The Kier molecular flexibility index (Phi) is 4.50. The van der Waals surface area contributed by atoms with E-state index in [0.29, 0.717) is 24.2 Å². The van der Waals surface area contributed by atoms with Crippen LogP contribution in [0.4, 0.5) is 4.39 Å². The summed E-state index contributed by atoms with van der Waals surface area (Å²) < 4.78 is 14.1. The number of rotatable bonds is 3. The highest BCUT2D eigenvalue weighted by Gasteiger charge is 2.20. The first-order valence-corrected chi connectivity index (χ1v) is 6.54. The predicted molar refractivity (Wildman–Crippen MR) is 71.8 cm³/mol. The van der Waals surface area contributed by atoms with Gasteiger partial charge in [0, 0.05) is 44.4 Å². The maximum absolute atomic E-state index is 14.1. The number of halogens is 1. The van der Waals surface area contributed by atoms with Crippen molar-refractivity contribution < 1.29 is 9.18 Å². The summed E-state index contributed by atoms with van der Waals surface area (Å²) in [6.07, 6.45) is 0.917. The van der Waals surface area contributed by atoms with Crippen LogP contribution in [0.5, 0.6) is 0 Å². The van der Waals surface area contributed by atoms with Gasteiger partial charge in [0.15, 0.2) is 0 Å². The maximum atomic E-state index is 14.1. The molecule has 1 aromatic rings. The largest absolute Gasteiger partial charge is 0.345 e. The van der Waals surface area contributed by atoms with Gasteiger partial charge in [0.25, 0.3) is 0 Å². The van der Waals surface area contributed by atoms with E-state index in [1.165, 1.54) is 0 Å². The topological polar surface area (TPSA) is 49.6 Å². The van der Waals surface area contributed by atoms with Crippen LogP contribution in [0.15, 0.2) is 18.2 Å². The molecule has 0 unspecified atom stereocenters. The van der Waals surface area contributed by atoms with Gasteiger partial charge in [0.2, 0.25) is 5.91 Å². The fourth-order valence-corrected chi connectivity index (χ4v) is 2.34. The van der Waals surface area contributed by atoms with Crippen LogP contribution in [0.1, 0.15) is 17.5 Å². The van der Waals surface area contributed by atoms with Gasteiger partial charge in [-0.15, -0.1) is 0 Å². The maximum Gasteiger partial charge on any atom is 0.236 e. The molecule has 0 atom stereocenters. The van der Waals surface area contributed by atoms with Crippen molar-refractivity contribution in [3.05, 3.63) is 35.1 Å². The van der Waals surface area contributed by atoms with Gasteiger partial charge in [0.1, 0.15) is 5.82 Å². The van der Waals surface area contributed by atoms with Gasteiger partial charge < -0.3 is 10.6 Å². The highest BCUT2D eigenvalue weighted by atomic mass is 19.1. The van der Waals surface area contributed by atoms with Crippen molar-refractivity contribution >= 4 is 5.91 Å². The average Bonchev–Trinajstić information content (AvgIpc) is 2.55. The lowest BCUT2D eigenvalue weighted by Gasteiger charge is -2.20. The van der Waals surface area contributed by atoms with Crippen LogP contribution < -0.4 is 5.73 Å². The van der Waals surface area contributed by atoms with Crippen LogP contribution >= 0.6 is 0 Å². The Morgan fingerprint density at radius 2 is 2.05 bits per heavy atom. The average molecular weight is 265 g/mol. The quantitative estimate of drug-likeness (QED) is 0.885. The second-order valence-corrected chi connectivity index (χ2v) is 4.97. The number of benzene rings is 1. The molecule has 1 aliphatic heterocycles. The predicted octanol–water partition coefficient (Wildman–Crippen LogP) is 0.949. The van der Waals surface area contributed by atoms with E-state index >= 15 is 0 Å². The van der Waals surface area contributed by atoms with Crippen LogP contribution in [0.3, 0.4) is 0 Å². The molecule has 1 heterocycles. The molecule has 4 nitrogen and oxygen atoms in total. The number of carbonyl (C=O) groups excluding carboxylic acids is 1. The zero-order chi connectivity index (χ0) is 13.8. The third-order valence-electron chi connectivity index (χ3n) is 3.53. The first kappa shape index (κ1) is 14.0. The molecule has 0 radical (unpaired) electrons. The lowest BCUT2D eigenvalue weighted by atomic mass is 10.1. The van der Waals surface area contributed by atoms with E-state index in [1.54, 1.807) is 17.0 Å². The van der Waals surface area contributed by atoms with Crippen molar-refractivity contribution in [1.82, 2.24) is 9.80 Å². The fraction of sp³-hybridized carbons (Fsp3) is 0.500. The molecule has 1 amide bonds. The Bertz CT molecular complexity index is 464. The van der Waals surface area contributed by atoms with Gasteiger partial charge >= 0.3 is 0 Å². The first-order valence-electron chi connectivity index (χ1n) is 6.54. The molecule has 0 aromatic heterocycles. The molecule has 1 aliphatic rings. The summed E-state index contributed by atoms with van der Waals surface area (Å²) in [5.74, 6) is -0.150. The molecule has 5 heteroatoms. The van der Waals surface area contributed by atoms with E-state index < -0.39 is 0 Å². The molecule has 1 aromatic carbocycles. The van der Waals surface area contributed by atoms with Crippen LogP contribution in [0, 0.1) is 5.82 Å². The molecule has 0 aliphatic carbocycles. The third-order valence-corrected chi connectivity index (χ3v) is 3.53. The highest BCUT2D eigenvalue weighted by molar-refractivity contribution is 5.78. The minimum Gasteiger partial charge on any atom is -0.345 e. The summed E-state index contributed by atoms with van der Waals surface area (Å²) in [4.78, 5) is 15.5. The lowest BCUT2D eigenvalue weighted by Crippen LogP contribution is -2.34. The van der Waals surface area contributed by atoms with Gasteiger partial charge in [0.05, 0.1) is 6.54 Å². The van der Waals surface area contributed by atoms with E-state index in [4.69, 9.17) is 5.73 Å². The minimum atomic E-state index is -0.241. The summed E-state index contributed by atoms with van der Waals surface area (Å²) in [6.45, 7) is 2.58. The highest BCUT2D eigenvalue weighted by Crippen LogP contribution is 2.16. The molecule has 19 heavy (non-hydrogen) atoms. The summed E-state index contributed by atoms with van der Waals surface area (Å²) in [7, 11) is 1.81. The normalized spacial score (nSPS) is 17.6. The molecule has 104 valence electrons. The Morgan fingerprint density at radius 1 is 1.32 bits per heavy atom. The molecule has 0 bridgehead atoms. The Labute approximate surface area is 113 Å². The molecule has 2 rings (SSSR count). The van der Waals surface area contributed by atoms with Crippen molar-refractivity contribution in [2.24, 2.45) is 5.73 Å². The molecule has 1 saturated heterocycles. The first-order chi connectivity index (χ1) is 9.11. The van der Waals surface area contributed by atoms with E-state index in [0.717, 1.165) is 19.5 Å². The van der Waals surface area contributed by atoms with Crippen molar-refractivity contribution in [2.45, 2.75) is 19.5 Å². The van der Waals surface area contributed by atoms with E-state index in [9.17, 15) is 9.18 Å². The van der Waals surface area contributed by atoms with Crippen molar-refractivity contribution in [3.63, 3.8) is 0 Å². The Hall–Kier alpha value is -1.46. The van der Waals surface area contributed by atoms with Gasteiger partial charge in [-0.3, -0.25) is 9.69 Å². The molecule has 1 fully saturated rings. The summed E-state index contributed by atoms with van der Waals surface area (Å²) >= 11 is 0. The van der Waals surface area contributed by atoms with Crippen LogP contribution in [0.25, 0.3) is 0 Å². The number of amides is 1. The van der Waals surface area contributed by atoms with Crippen LogP contribution in [0.2, 0.25) is 0 Å². The molecule has 0 saturated carbocycles. The van der Waals surface area contributed by atoms with Crippen molar-refractivity contribution in [2.75, 3.05) is 26.7 Å².